The van der Waals surface area contributed by atoms with Gasteiger partial charge in [0.25, 0.3) is 0 Å². The summed E-state index contributed by atoms with van der Waals surface area (Å²) in [7, 11) is -2.10. The summed E-state index contributed by atoms with van der Waals surface area (Å²) >= 11 is 5.95. The van der Waals surface area contributed by atoms with Gasteiger partial charge in [-0.1, -0.05) is 16.8 Å². The summed E-state index contributed by atoms with van der Waals surface area (Å²) in [5.41, 5.74) is 1.17. The van der Waals surface area contributed by atoms with E-state index in [0.717, 1.165) is 5.56 Å². The van der Waals surface area contributed by atoms with Gasteiger partial charge in [0.15, 0.2) is 5.76 Å². The standard InChI is InChI=1S/C14H17ClN2O4S/c1-9-14(10(2)21-17-9)22(18,19)16-7-6-11-8-12(15)4-5-13(11)20-3/h4-5,8,16H,6-7H2,1-3H3. The molecule has 8 heteroatoms. The first-order chi connectivity index (χ1) is 10.3. The van der Waals surface area contributed by atoms with E-state index in [1.54, 1.807) is 39.2 Å². The highest BCUT2D eigenvalue weighted by atomic mass is 35.5. The van der Waals surface area contributed by atoms with E-state index in [1.807, 2.05) is 0 Å². The van der Waals surface area contributed by atoms with Gasteiger partial charge in [-0.3, -0.25) is 0 Å². The predicted molar refractivity (Wildman–Crippen MR) is 82.9 cm³/mol. The van der Waals surface area contributed by atoms with Crippen LogP contribution >= 0.6 is 11.6 Å². The van der Waals surface area contributed by atoms with Crippen molar-refractivity contribution in [2.45, 2.75) is 25.2 Å². The quantitative estimate of drug-likeness (QED) is 0.870. The van der Waals surface area contributed by atoms with Crippen LogP contribution in [0, 0.1) is 13.8 Å². The molecule has 0 bridgehead atoms. The monoisotopic (exact) mass is 344 g/mol. The summed E-state index contributed by atoms with van der Waals surface area (Å²) < 4.78 is 37.2. The van der Waals surface area contributed by atoms with Gasteiger partial charge < -0.3 is 9.26 Å². The molecule has 1 aromatic heterocycles. The van der Waals surface area contributed by atoms with Crippen LogP contribution in [0.25, 0.3) is 0 Å². The molecule has 2 rings (SSSR count). The summed E-state index contributed by atoms with van der Waals surface area (Å²) in [6.45, 7) is 3.36. The lowest BCUT2D eigenvalue weighted by atomic mass is 10.1. The number of ether oxygens (including phenoxy) is 1. The van der Waals surface area contributed by atoms with Crippen molar-refractivity contribution in [3.05, 3.63) is 40.2 Å². The van der Waals surface area contributed by atoms with Crippen molar-refractivity contribution in [1.82, 2.24) is 9.88 Å². The van der Waals surface area contributed by atoms with Crippen LogP contribution in [0.1, 0.15) is 17.0 Å². The van der Waals surface area contributed by atoms with Crippen LogP contribution in [-0.4, -0.2) is 27.2 Å². The molecule has 0 spiro atoms. The summed E-state index contributed by atoms with van der Waals surface area (Å²) in [6.07, 6.45) is 0.451. The fraction of sp³-hybridized carbons (Fsp3) is 0.357. The van der Waals surface area contributed by atoms with Gasteiger partial charge in [-0.25, -0.2) is 13.1 Å². The first-order valence-corrected chi connectivity index (χ1v) is 8.46. The van der Waals surface area contributed by atoms with E-state index in [9.17, 15) is 8.42 Å². The highest BCUT2D eigenvalue weighted by Gasteiger charge is 2.23. The Bertz CT molecular complexity index is 752. The van der Waals surface area contributed by atoms with Crippen LogP contribution in [0.15, 0.2) is 27.6 Å². The van der Waals surface area contributed by atoms with Gasteiger partial charge >= 0.3 is 0 Å². The van der Waals surface area contributed by atoms with Gasteiger partial charge in [0.2, 0.25) is 10.0 Å². The molecule has 1 heterocycles. The minimum atomic E-state index is -3.66. The number of hydrogen-bond acceptors (Lipinski definition) is 5. The molecule has 22 heavy (non-hydrogen) atoms. The fourth-order valence-corrected chi connectivity index (χ4v) is 3.74. The number of aromatic nitrogens is 1. The second kappa shape index (κ2) is 6.68. The third kappa shape index (κ3) is 3.60. The molecule has 0 aliphatic carbocycles. The number of halogens is 1. The maximum absolute atomic E-state index is 12.3. The summed E-state index contributed by atoms with van der Waals surface area (Å²) in [6, 6.07) is 5.23. The molecule has 0 unspecified atom stereocenters. The zero-order valence-corrected chi connectivity index (χ0v) is 14.1. The zero-order valence-electron chi connectivity index (χ0n) is 12.5. The van der Waals surface area contributed by atoms with Crippen LogP contribution in [0.4, 0.5) is 0 Å². The van der Waals surface area contributed by atoms with E-state index in [0.29, 0.717) is 22.9 Å². The lowest BCUT2D eigenvalue weighted by Crippen LogP contribution is -2.26. The molecule has 0 aliphatic heterocycles. The van der Waals surface area contributed by atoms with Crippen LogP contribution in [0.2, 0.25) is 5.02 Å². The first kappa shape index (κ1) is 16.8. The average Bonchev–Trinajstić information content (AvgIpc) is 2.79. The Kier molecular flexibility index (Phi) is 5.10. The lowest BCUT2D eigenvalue weighted by molar-refractivity contribution is 0.390. The van der Waals surface area contributed by atoms with Crippen molar-refractivity contribution in [3.8, 4) is 5.75 Å². The Labute approximate surface area is 134 Å². The third-order valence-corrected chi connectivity index (χ3v) is 5.11. The summed E-state index contributed by atoms with van der Waals surface area (Å²) in [5.74, 6) is 0.936. The van der Waals surface area contributed by atoms with Gasteiger partial charge in [-0.2, -0.15) is 0 Å². The molecule has 0 amide bonds. The van der Waals surface area contributed by atoms with Crippen molar-refractivity contribution in [3.63, 3.8) is 0 Å². The van der Waals surface area contributed by atoms with E-state index in [2.05, 4.69) is 9.88 Å². The molecule has 0 atom stereocenters. The zero-order chi connectivity index (χ0) is 16.3. The molecule has 2 aromatic rings. The number of nitrogens with one attached hydrogen (secondary N) is 1. The Morgan fingerprint density at radius 1 is 1.36 bits per heavy atom. The number of benzene rings is 1. The van der Waals surface area contributed by atoms with Crippen molar-refractivity contribution < 1.29 is 17.7 Å². The van der Waals surface area contributed by atoms with E-state index >= 15 is 0 Å². The van der Waals surface area contributed by atoms with Crippen LogP contribution < -0.4 is 9.46 Å². The average molecular weight is 345 g/mol. The third-order valence-electron chi connectivity index (χ3n) is 3.17. The number of rotatable bonds is 6. The van der Waals surface area contributed by atoms with Crippen LogP contribution in [0.3, 0.4) is 0 Å². The van der Waals surface area contributed by atoms with Gasteiger partial charge in [-0.05, 0) is 44.0 Å². The van der Waals surface area contributed by atoms with Gasteiger partial charge in [0.1, 0.15) is 16.3 Å². The topological polar surface area (TPSA) is 81.4 Å². The molecule has 0 saturated heterocycles. The maximum Gasteiger partial charge on any atom is 0.245 e. The smallest absolute Gasteiger partial charge is 0.245 e. The molecule has 0 fully saturated rings. The predicted octanol–water partition coefficient (Wildman–Crippen LogP) is 2.47. The van der Waals surface area contributed by atoms with E-state index < -0.39 is 10.0 Å². The lowest BCUT2D eigenvalue weighted by Gasteiger charge is -2.10. The number of sulfonamides is 1. The minimum Gasteiger partial charge on any atom is -0.496 e. The second-order valence-corrected chi connectivity index (χ2v) is 6.90. The van der Waals surface area contributed by atoms with Gasteiger partial charge in [0, 0.05) is 11.6 Å². The van der Waals surface area contributed by atoms with Crippen LogP contribution in [0.5, 0.6) is 5.75 Å². The SMILES string of the molecule is COc1ccc(Cl)cc1CCNS(=O)(=O)c1c(C)noc1C. The first-order valence-electron chi connectivity index (χ1n) is 6.60. The van der Waals surface area contributed by atoms with E-state index in [-0.39, 0.29) is 17.2 Å². The number of aryl methyl sites for hydroxylation is 2. The van der Waals surface area contributed by atoms with E-state index in [4.69, 9.17) is 20.9 Å². The fourth-order valence-electron chi connectivity index (χ4n) is 2.19. The molecule has 1 aromatic carbocycles. The number of hydrogen-bond donors (Lipinski definition) is 1. The number of methoxy groups -OCH3 is 1. The number of nitrogens with zero attached hydrogens (tertiary/aromatic N) is 1. The van der Waals surface area contributed by atoms with Crippen molar-refractivity contribution in [1.29, 1.82) is 0 Å². The summed E-state index contributed by atoms with van der Waals surface area (Å²) in [5, 5.41) is 4.23. The van der Waals surface area contributed by atoms with Gasteiger partial charge in [0.05, 0.1) is 7.11 Å². The highest BCUT2D eigenvalue weighted by molar-refractivity contribution is 7.89. The van der Waals surface area contributed by atoms with Crippen molar-refractivity contribution in [2.75, 3.05) is 13.7 Å². The molecule has 0 saturated carbocycles. The normalized spacial score (nSPS) is 11.6. The molecule has 1 N–H and O–H groups in total. The minimum absolute atomic E-state index is 0.0885. The largest absolute Gasteiger partial charge is 0.496 e. The highest BCUT2D eigenvalue weighted by Crippen LogP contribution is 2.23. The Morgan fingerprint density at radius 3 is 2.68 bits per heavy atom. The van der Waals surface area contributed by atoms with Crippen molar-refractivity contribution in [2.24, 2.45) is 0 Å². The molecule has 6 nitrogen and oxygen atoms in total. The molecular formula is C14H17ClN2O4S. The Hall–Kier alpha value is -1.57. The molecular weight excluding hydrogens is 328 g/mol. The van der Waals surface area contributed by atoms with Crippen LogP contribution in [-0.2, 0) is 16.4 Å². The second-order valence-electron chi connectivity index (χ2n) is 4.76. The summed E-state index contributed by atoms with van der Waals surface area (Å²) in [4.78, 5) is 0.0885. The van der Waals surface area contributed by atoms with E-state index in [1.165, 1.54) is 0 Å². The molecule has 0 aliphatic rings. The Morgan fingerprint density at radius 2 is 2.09 bits per heavy atom. The van der Waals surface area contributed by atoms with Crippen molar-refractivity contribution >= 4 is 21.6 Å². The maximum atomic E-state index is 12.3. The molecule has 0 radical (unpaired) electrons. The van der Waals surface area contributed by atoms with Gasteiger partial charge in [-0.15, -0.1) is 0 Å². The molecule has 120 valence electrons. The Balaban J connectivity index is 2.10.